The van der Waals surface area contributed by atoms with Crippen LogP contribution in [0.25, 0.3) is 0 Å². The molecule has 88 valence electrons. The number of nitrogens with zero attached hydrogens (tertiary/aromatic N) is 2. The van der Waals surface area contributed by atoms with E-state index in [-0.39, 0.29) is 0 Å². The summed E-state index contributed by atoms with van der Waals surface area (Å²) in [5.74, 6) is -0.890. The summed E-state index contributed by atoms with van der Waals surface area (Å²) in [7, 11) is 0. The first kappa shape index (κ1) is 12.1. The van der Waals surface area contributed by atoms with Gasteiger partial charge in [0.1, 0.15) is 16.2 Å². The van der Waals surface area contributed by atoms with Gasteiger partial charge >= 0.3 is 5.97 Å². The van der Waals surface area contributed by atoms with Crippen molar-refractivity contribution in [2.24, 2.45) is 0 Å². The molecule has 0 saturated heterocycles. The van der Waals surface area contributed by atoms with Gasteiger partial charge in [-0.3, -0.25) is 0 Å². The molecule has 0 atom stereocenters. The van der Waals surface area contributed by atoms with Crippen LogP contribution < -0.4 is 0 Å². The lowest BCUT2D eigenvalue weighted by Gasteiger charge is -1.99. The maximum atomic E-state index is 10.7. The fraction of sp³-hybridized carbons (Fsp3) is 0.182. The summed E-state index contributed by atoms with van der Waals surface area (Å²) in [6, 6.07) is 3.58. The fourth-order valence-corrected chi connectivity index (χ4v) is 2.96. The largest absolute Gasteiger partial charge is 0.477 e. The molecular weight excluding hydrogens is 256 g/mol. The molecule has 2 rings (SSSR count). The highest BCUT2D eigenvalue weighted by molar-refractivity contribution is 7.99. The molecule has 0 spiro atoms. The second kappa shape index (κ2) is 5.29. The van der Waals surface area contributed by atoms with Gasteiger partial charge in [0.25, 0.3) is 0 Å². The van der Waals surface area contributed by atoms with Gasteiger partial charge in [-0.15, -0.1) is 11.3 Å². The first-order chi connectivity index (χ1) is 8.19. The summed E-state index contributed by atoms with van der Waals surface area (Å²) < 4.78 is 0. The average Bonchev–Trinajstić information content (AvgIpc) is 2.78. The lowest BCUT2D eigenvalue weighted by molar-refractivity contribution is 0.0702. The third-order valence-corrected chi connectivity index (χ3v) is 4.04. The van der Waals surface area contributed by atoms with Crippen LogP contribution in [0.5, 0.6) is 0 Å². The SMILES string of the molecule is CCc1cc(Sc2csc(C(=O)O)c2)ncn1. The summed E-state index contributed by atoms with van der Waals surface area (Å²) in [4.78, 5) is 20.2. The standard InChI is InChI=1S/C11H10N2O2S2/c1-2-7-3-10(13-6-12-7)17-8-4-9(11(14)15)16-5-8/h3-6H,2H2,1H3,(H,14,15). The minimum atomic E-state index is -0.890. The van der Waals surface area contributed by atoms with Crippen LogP contribution in [0.3, 0.4) is 0 Å². The van der Waals surface area contributed by atoms with Crippen molar-refractivity contribution in [3.05, 3.63) is 34.4 Å². The van der Waals surface area contributed by atoms with Crippen LogP contribution in [0.2, 0.25) is 0 Å². The van der Waals surface area contributed by atoms with E-state index in [4.69, 9.17) is 5.11 Å². The molecule has 2 heterocycles. The zero-order chi connectivity index (χ0) is 12.3. The minimum Gasteiger partial charge on any atom is -0.477 e. The molecular formula is C11H10N2O2S2. The Kier molecular flexibility index (Phi) is 3.75. The number of aromatic nitrogens is 2. The summed E-state index contributed by atoms with van der Waals surface area (Å²) in [5.41, 5.74) is 0.983. The molecule has 0 bridgehead atoms. The number of aromatic carboxylic acids is 1. The quantitative estimate of drug-likeness (QED) is 0.862. The number of carboxylic acid groups (broad SMARTS) is 1. The van der Waals surface area contributed by atoms with E-state index in [0.717, 1.165) is 22.0 Å². The molecule has 0 radical (unpaired) electrons. The molecule has 2 aromatic heterocycles. The normalized spacial score (nSPS) is 10.4. The molecule has 0 aliphatic heterocycles. The first-order valence-electron chi connectivity index (χ1n) is 4.99. The van der Waals surface area contributed by atoms with Crippen LogP contribution in [0.15, 0.2) is 33.8 Å². The van der Waals surface area contributed by atoms with Crippen LogP contribution in [-0.2, 0) is 6.42 Å². The molecule has 0 aliphatic rings. The second-order valence-electron chi connectivity index (χ2n) is 3.26. The van der Waals surface area contributed by atoms with Crippen molar-refractivity contribution < 1.29 is 9.90 Å². The van der Waals surface area contributed by atoms with Crippen molar-refractivity contribution in [1.82, 2.24) is 9.97 Å². The number of thiophene rings is 1. The molecule has 1 N–H and O–H groups in total. The van der Waals surface area contributed by atoms with Gasteiger partial charge in [-0.1, -0.05) is 18.7 Å². The van der Waals surface area contributed by atoms with Crippen LogP contribution in [0.4, 0.5) is 0 Å². The predicted octanol–water partition coefficient (Wildman–Crippen LogP) is 2.95. The van der Waals surface area contributed by atoms with E-state index in [9.17, 15) is 4.79 Å². The summed E-state index contributed by atoms with van der Waals surface area (Å²) in [5, 5.41) is 11.5. The molecule has 0 aromatic carbocycles. The van der Waals surface area contributed by atoms with Crippen LogP contribution in [0.1, 0.15) is 22.3 Å². The minimum absolute atomic E-state index is 0.345. The summed E-state index contributed by atoms with van der Waals surface area (Å²) in [6.07, 6.45) is 2.39. The Morgan fingerprint density at radius 2 is 2.29 bits per heavy atom. The number of aryl methyl sites for hydroxylation is 1. The van der Waals surface area contributed by atoms with Crippen LogP contribution in [-0.4, -0.2) is 21.0 Å². The fourth-order valence-electron chi connectivity index (χ4n) is 1.23. The van der Waals surface area contributed by atoms with Crippen molar-refractivity contribution in [2.75, 3.05) is 0 Å². The summed E-state index contributed by atoms with van der Waals surface area (Å²) in [6.45, 7) is 2.03. The van der Waals surface area contributed by atoms with E-state index in [0.29, 0.717) is 4.88 Å². The van der Waals surface area contributed by atoms with Gasteiger partial charge in [0.15, 0.2) is 0 Å². The van der Waals surface area contributed by atoms with Crippen molar-refractivity contribution in [3.63, 3.8) is 0 Å². The Hall–Kier alpha value is -1.40. The van der Waals surface area contributed by atoms with Gasteiger partial charge in [0, 0.05) is 16.0 Å². The van der Waals surface area contributed by atoms with E-state index in [1.54, 1.807) is 6.07 Å². The molecule has 17 heavy (non-hydrogen) atoms. The average molecular weight is 266 g/mol. The van der Waals surface area contributed by atoms with E-state index >= 15 is 0 Å². The lowest BCUT2D eigenvalue weighted by atomic mass is 10.3. The number of rotatable bonds is 4. The van der Waals surface area contributed by atoms with Crippen molar-refractivity contribution in [1.29, 1.82) is 0 Å². The van der Waals surface area contributed by atoms with E-state index in [1.807, 2.05) is 18.4 Å². The zero-order valence-corrected chi connectivity index (χ0v) is 10.7. The number of hydrogen-bond donors (Lipinski definition) is 1. The molecule has 0 fully saturated rings. The van der Waals surface area contributed by atoms with Gasteiger partial charge in [0.2, 0.25) is 0 Å². The van der Waals surface area contributed by atoms with Crippen LogP contribution in [0, 0.1) is 0 Å². The molecule has 0 amide bonds. The Labute approximate surface area is 107 Å². The topological polar surface area (TPSA) is 63.1 Å². The van der Waals surface area contributed by atoms with Crippen molar-refractivity contribution in [3.8, 4) is 0 Å². The highest BCUT2D eigenvalue weighted by Crippen LogP contribution is 2.30. The third-order valence-electron chi connectivity index (χ3n) is 2.07. The van der Waals surface area contributed by atoms with Gasteiger partial charge in [-0.05, 0) is 18.6 Å². The molecule has 0 aliphatic carbocycles. The maximum Gasteiger partial charge on any atom is 0.345 e. The van der Waals surface area contributed by atoms with Crippen LogP contribution >= 0.6 is 23.1 Å². The monoisotopic (exact) mass is 266 g/mol. The van der Waals surface area contributed by atoms with Gasteiger partial charge < -0.3 is 5.11 Å². The number of carbonyl (C=O) groups is 1. The Balaban J connectivity index is 2.16. The smallest absolute Gasteiger partial charge is 0.345 e. The number of hydrogen-bond acceptors (Lipinski definition) is 5. The van der Waals surface area contributed by atoms with Gasteiger partial charge in [-0.25, -0.2) is 14.8 Å². The van der Waals surface area contributed by atoms with Gasteiger partial charge in [0.05, 0.1) is 0 Å². The molecule has 0 unspecified atom stereocenters. The number of carboxylic acids is 1. The van der Waals surface area contributed by atoms with Gasteiger partial charge in [-0.2, -0.15) is 0 Å². The first-order valence-corrected chi connectivity index (χ1v) is 6.69. The van der Waals surface area contributed by atoms with E-state index in [2.05, 4.69) is 9.97 Å². The Bertz CT molecular complexity index is 540. The zero-order valence-electron chi connectivity index (χ0n) is 9.08. The van der Waals surface area contributed by atoms with E-state index < -0.39 is 5.97 Å². The highest BCUT2D eigenvalue weighted by Gasteiger charge is 2.08. The predicted molar refractivity (Wildman–Crippen MR) is 66.8 cm³/mol. The molecule has 2 aromatic rings. The van der Waals surface area contributed by atoms with E-state index in [1.165, 1.54) is 29.4 Å². The highest BCUT2D eigenvalue weighted by atomic mass is 32.2. The molecule has 4 nitrogen and oxygen atoms in total. The molecule has 0 saturated carbocycles. The Morgan fingerprint density at radius 1 is 1.47 bits per heavy atom. The third kappa shape index (κ3) is 3.04. The van der Waals surface area contributed by atoms with Crippen molar-refractivity contribution >= 4 is 29.1 Å². The lowest BCUT2D eigenvalue weighted by Crippen LogP contribution is -1.90. The maximum absolute atomic E-state index is 10.7. The second-order valence-corrected chi connectivity index (χ2v) is 5.26. The van der Waals surface area contributed by atoms with Crippen molar-refractivity contribution in [2.45, 2.75) is 23.3 Å². The Morgan fingerprint density at radius 3 is 2.94 bits per heavy atom. The molecule has 6 heteroatoms. The summed E-state index contributed by atoms with van der Waals surface area (Å²) >= 11 is 2.67.